The summed E-state index contributed by atoms with van der Waals surface area (Å²) in [6.07, 6.45) is 6.25. The highest BCUT2D eigenvalue weighted by atomic mass is 35.5. The van der Waals surface area contributed by atoms with Crippen molar-refractivity contribution in [1.29, 1.82) is 0 Å². The Morgan fingerprint density at radius 2 is 2.13 bits per heavy atom. The zero-order valence-corrected chi connectivity index (χ0v) is 8.96. The van der Waals surface area contributed by atoms with Crippen LogP contribution in [0, 0.1) is 12.7 Å². The zero-order valence-electron chi connectivity index (χ0n) is 8.21. The quantitative estimate of drug-likeness (QED) is 0.437. The van der Waals surface area contributed by atoms with Gasteiger partial charge in [0, 0.05) is 0 Å². The topological polar surface area (TPSA) is 17.1 Å². The van der Waals surface area contributed by atoms with E-state index in [1.54, 1.807) is 18.2 Å². The van der Waals surface area contributed by atoms with E-state index in [9.17, 15) is 9.18 Å². The lowest BCUT2D eigenvalue weighted by Gasteiger charge is -1.98. The number of benzene rings is 1. The van der Waals surface area contributed by atoms with Crippen LogP contribution in [0.15, 0.2) is 36.4 Å². The minimum atomic E-state index is -0.518. The molecule has 1 nitrogen and oxygen atoms in total. The molecule has 78 valence electrons. The van der Waals surface area contributed by atoms with Gasteiger partial charge >= 0.3 is 0 Å². The molecule has 1 aromatic rings. The lowest BCUT2D eigenvalue weighted by atomic mass is 10.1. The van der Waals surface area contributed by atoms with Gasteiger partial charge in [0.1, 0.15) is 5.82 Å². The van der Waals surface area contributed by atoms with Crippen molar-refractivity contribution < 1.29 is 9.18 Å². The molecule has 0 bridgehead atoms. The highest BCUT2D eigenvalue weighted by molar-refractivity contribution is 6.66. The van der Waals surface area contributed by atoms with E-state index in [2.05, 4.69) is 0 Å². The van der Waals surface area contributed by atoms with Gasteiger partial charge in [-0.2, -0.15) is 0 Å². The summed E-state index contributed by atoms with van der Waals surface area (Å²) in [7, 11) is 0. The number of aryl methyl sites for hydroxylation is 1. The number of carbonyl (C=O) groups is 1. The highest BCUT2D eigenvalue weighted by Gasteiger charge is 1.95. The molecule has 0 atom stereocenters. The lowest BCUT2D eigenvalue weighted by Crippen LogP contribution is -1.82. The molecule has 0 spiro atoms. The number of allylic oxidation sites excluding steroid dienone is 3. The molecular formula is C12H10ClFO. The minimum Gasteiger partial charge on any atom is -0.276 e. The van der Waals surface area contributed by atoms with Gasteiger partial charge in [0.2, 0.25) is 5.24 Å². The van der Waals surface area contributed by atoms with Crippen LogP contribution in [0.3, 0.4) is 0 Å². The Morgan fingerprint density at radius 3 is 2.73 bits per heavy atom. The van der Waals surface area contributed by atoms with Gasteiger partial charge in [0.05, 0.1) is 0 Å². The van der Waals surface area contributed by atoms with Crippen LogP contribution in [0.25, 0.3) is 6.08 Å². The van der Waals surface area contributed by atoms with Gasteiger partial charge in [-0.3, -0.25) is 4.79 Å². The van der Waals surface area contributed by atoms with E-state index < -0.39 is 5.24 Å². The second kappa shape index (κ2) is 5.47. The largest absolute Gasteiger partial charge is 0.276 e. The Kier molecular flexibility index (Phi) is 4.25. The summed E-state index contributed by atoms with van der Waals surface area (Å²) in [5, 5.41) is -0.518. The number of rotatable bonds is 3. The van der Waals surface area contributed by atoms with Crippen LogP contribution < -0.4 is 0 Å². The first-order valence-corrected chi connectivity index (χ1v) is 4.78. The molecular weight excluding hydrogens is 215 g/mol. The molecule has 0 saturated heterocycles. The van der Waals surface area contributed by atoms with Gasteiger partial charge in [0.15, 0.2) is 0 Å². The van der Waals surface area contributed by atoms with Crippen LogP contribution in [0.5, 0.6) is 0 Å². The first-order valence-electron chi connectivity index (χ1n) is 4.40. The summed E-state index contributed by atoms with van der Waals surface area (Å²) < 4.78 is 12.7. The lowest BCUT2D eigenvalue weighted by molar-refractivity contribution is -0.107. The average molecular weight is 225 g/mol. The third kappa shape index (κ3) is 4.09. The van der Waals surface area contributed by atoms with Gasteiger partial charge in [-0.05, 0) is 47.9 Å². The fourth-order valence-corrected chi connectivity index (χ4v) is 1.19. The molecule has 0 N–H and O–H groups in total. The molecule has 0 aromatic heterocycles. The molecule has 0 fully saturated rings. The van der Waals surface area contributed by atoms with Crippen LogP contribution >= 0.6 is 11.6 Å². The van der Waals surface area contributed by atoms with E-state index >= 15 is 0 Å². The third-order valence-corrected chi connectivity index (χ3v) is 1.97. The Balaban J connectivity index is 2.77. The SMILES string of the molecule is Cc1cc(F)ccc1/C=C/C=C/C(=O)Cl. The molecule has 0 amide bonds. The average Bonchev–Trinajstić information content (AvgIpc) is 2.14. The number of halogens is 2. The number of carbonyl (C=O) groups excluding carboxylic acids is 1. The van der Waals surface area contributed by atoms with Gasteiger partial charge in [-0.1, -0.05) is 24.3 Å². The Morgan fingerprint density at radius 1 is 1.40 bits per heavy atom. The Hall–Kier alpha value is -1.41. The van der Waals surface area contributed by atoms with Crippen LogP contribution in [-0.2, 0) is 4.79 Å². The maximum atomic E-state index is 12.7. The van der Waals surface area contributed by atoms with Crippen molar-refractivity contribution in [2.45, 2.75) is 6.92 Å². The van der Waals surface area contributed by atoms with Crippen molar-refractivity contribution in [3.63, 3.8) is 0 Å². The van der Waals surface area contributed by atoms with Crippen molar-refractivity contribution in [3.8, 4) is 0 Å². The van der Waals surface area contributed by atoms with Crippen LogP contribution in [0.4, 0.5) is 4.39 Å². The summed E-state index contributed by atoms with van der Waals surface area (Å²) in [6.45, 7) is 1.82. The molecule has 0 aliphatic carbocycles. The van der Waals surface area contributed by atoms with E-state index in [4.69, 9.17) is 11.6 Å². The van der Waals surface area contributed by atoms with Gasteiger partial charge < -0.3 is 0 Å². The summed E-state index contributed by atoms with van der Waals surface area (Å²) >= 11 is 5.10. The van der Waals surface area contributed by atoms with Gasteiger partial charge in [-0.15, -0.1) is 0 Å². The molecule has 1 rings (SSSR count). The first-order chi connectivity index (χ1) is 7.09. The standard InChI is InChI=1S/C12H10ClFO/c1-9-8-11(14)7-6-10(9)4-2-3-5-12(13)15/h2-8H,1H3/b4-2+,5-3+. The first kappa shape index (κ1) is 11.7. The molecule has 0 unspecified atom stereocenters. The maximum Gasteiger partial charge on any atom is 0.245 e. The van der Waals surface area contributed by atoms with E-state index in [0.717, 1.165) is 11.1 Å². The van der Waals surface area contributed by atoms with Crippen LogP contribution in [0.2, 0.25) is 0 Å². The number of hydrogen-bond donors (Lipinski definition) is 0. The summed E-state index contributed by atoms with van der Waals surface area (Å²) in [5.41, 5.74) is 1.75. The second-order valence-corrected chi connectivity index (χ2v) is 3.40. The Labute approximate surface area is 92.9 Å². The third-order valence-electron chi connectivity index (χ3n) is 1.85. The molecule has 1 aromatic carbocycles. The molecule has 3 heteroatoms. The highest BCUT2D eigenvalue weighted by Crippen LogP contribution is 2.11. The zero-order chi connectivity index (χ0) is 11.3. The smallest absolute Gasteiger partial charge is 0.245 e. The van der Waals surface area contributed by atoms with Crippen molar-refractivity contribution >= 4 is 22.9 Å². The van der Waals surface area contributed by atoms with Gasteiger partial charge in [0.25, 0.3) is 0 Å². The molecule has 0 aliphatic heterocycles. The minimum absolute atomic E-state index is 0.254. The van der Waals surface area contributed by atoms with Crippen molar-refractivity contribution in [2.75, 3.05) is 0 Å². The second-order valence-electron chi connectivity index (χ2n) is 3.02. The van der Waals surface area contributed by atoms with E-state index in [1.807, 2.05) is 6.92 Å². The fourth-order valence-electron chi connectivity index (χ4n) is 1.12. The van der Waals surface area contributed by atoms with Crippen LogP contribution in [-0.4, -0.2) is 5.24 Å². The summed E-state index contributed by atoms with van der Waals surface area (Å²) in [4.78, 5) is 10.4. The molecule has 0 aliphatic rings. The molecule has 0 saturated carbocycles. The summed E-state index contributed by atoms with van der Waals surface area (Å²) in [6, 6.07) is 4.52. The monoisotopic (exact) mass is 224 g/mol. The molecule has 15 heavy (non-hydrogen) atoms. The normalized spacial score (nSPS) is 11.4. The van der Waals surface area contributed by atoms with Gasteiger partial charge in [-0.25, -0.2) is 4.39 Å². The maximum absolute atomic E-state index is 12.7. The van der Waals surface area contributed by atoms with E-state index in [0.29, 0.717) is 0 Å². The van der Waals surface area contributed by atoms with Crippen molar-refractivity contribution in [2.24, 2.45) is 0 Å². The predicted octanol–water partition coefficient (Wildman–Crippen LogP) is 3.47. The summed E-state index contributed by atoms with van der Waals surface area (Å²) in [5.74, 6) is -0.254. The van der Waals surface area contributed by atoms with Crippen molar-refractivity contribution in [1.82, 2.24) is 0 Å². The molecule has 0 radical (unpaired) electrons. The van der Waals surface area contributed by atoms with E-state index in [-0.39, 0.29) is 5.82 Å². The number of hydrogen-bond acceptors (Lipinski definition) is 1. The van der Waals surface area contributed by atoms with Crippen LogP contribution in [0.1, 0.15) is 11.1 Å². The predicted molar refractivity (Wildman–Crippen MR) is 60.2 cm³/mol. The van der Waals surface area contributed by atoms with Crippen molar-refractivity contribution in [3.05, 3.63) is 53.4 Å². The fraction of sp³-hybridized carbons (Fsp3) is 0.0833. The Bertz CT molecular complexity index is 422. The van der Waals surface area contributed by atoms with E-state index in [1.165, 1.54) is 24.3 Å². The molecule has 0 heterocycles.